The molecule has 4 heterocycles. The number of fused-ring (bicyclic) bond motifs is 1. The lowest BCUT2D eigenvalue weighted by Crippen LogP contribution is -2.12. The van der Waals surface area contributed by atoms with Crippen molar-refractivity contribution in [1.82, 2.24) is 29.3 Å². The number of pyridine rings is 2. The van der Waals surface area contributed by atoms with Crippen molar-refractivity contribution in [3.8, 4) is 11.4 Å². The zero-order chi connectivity index (χ0) is 17.4. The molecule has 1 N–H and O–H groups in total. The molecule has 0 aliphatic rings. The number of imidazole rings is 1. The van der Waals surface area contributed by atoms with Gasteiger partial charge in [0.05, 0.1) is 41.2 Å². The number of nitrogens with zero attached hydrogens (tertiary/aromatic N) is 6. The number of anilines is 1. The average Bonchev–Trinajstić information content (AvgIpc) is 3.22. The smallest absolute Gasteiger partial charge is 0.260 e. The largest absolute Gasteiger partial charge is 0.332 e. The lowest BCUT2D eigenvalue weighted by molar-refractivity contribution is 0.102. The first-order valence-corrected chi connectivity index (χ1v) is 7.63. The highest BCUT2D eigenvalue weighted by atomic mass is 16.1. The molecule has 124 valence electrons. The molecule has 0 fully saturated rings. The number of carbonyl (C=O) groups excluding carboxylic acids is 1. The number of nitrogens with one attached hydrogen (secondary N) is 1. The third-order valence-corrected chi connectivity index (χ3v) is 3.86. The molecule has 0 radical (unpaired) electrons. The summed E-state index contributed by atoms with van der Waals surface area (Å²) in [6.07, 6.45) is 8.34. The standard InChI is InChI=1S/C17H15N7O/c1-23-10-18-8-15(23)13-4-3-11-6-19-16(5-14(11)21-13)22-17(25)12-7-20-24(2)9-12/h3-10H,1-2H3,(H,19,22,25). The van der Waals surface area contributed by atoms with Gasteiger partial charge in [0, 0.05) is 37.9 Å². The van der Waals surface area contributed by atoms with E-state index >= 15 is 0 Å². The molecule has 0 spiro atoms. The van der Waals surface area contributed by atoms with E-state index in [0.717, 1.165) is 22.3 Å². The predicted octanol–water partition coefficient (Wildman–Crippen LogP) is 2.02. The van der Waals surface area contributed by atoms with Crippen molar-refractivity contribution in [3.63, 3.8) is 0 Å². The molecule has 0 aliphatic carbocycles. The molecule has 0 atom stereocenters. The molecule has 4 aromatic heterocycles. The first-order chi connectivity index (χ1) is 12.1. The summed E-state index contributed by atoms with van der Waals surface area (Å²) >= 11 is 0. The Hall–Kier alpha value is -3.55. The van der Waals surface area contributed by atoms with Crippen LogP contribution in [0.1, 0.15) is 10.4 Å². The maximum atomic E-state index is 12.2. The molecule has 4 rings (SSSR count). The number of aromatic nitrogens is 6. The first kappa shape index (κ1) is 15.0. The van der Waals surface area contributed by atoms with Crippen molar-refractivity contribution in [2.24, 2.45) is 14.1 Å². The van der Waals surface area contributed by atoms with Crippen LogP contribution in [0.5, 0.6) is 0 Å². The number of carbonyl (C=O) groups is 1. The quantitative estimate of drug-likeness (QED) is 0.619. The van der Waals surface area contributed by atoms with Gasteiger partial charge in [-0.1, -0.05) is 0 Å². The normalized spacial score (nSPS) is 11.0. The second kappa shape index (κ2) is 5.82. The lowest BCUT2D eigenvalue weighted by Gasteiger charge is -2.06. The molecular formula is C17H15N7O. The fourth-order valence-electron chi connectivity index (χ4n) is 2.56. The van der Waals surface area contributed by atoms with Crippen LogP contribution in [-0.4, -0.2) is 35.2 Å². The number of aryl methyl sites for hydroxylation is 2. The van der Waals surface area contributed by atoms with E-state index in [1.54, 1.807) is 42.7 Å². The van der Waals surface area contributed by atoms with Gasteiger partial charge in [0.2, 0.25) is 0 Å². The van der Waals surface area contributed by atoms with Crippen LogP contribution < -0.4 is 5.32 Å². The van der Waals surface area contributed by atoms with Crippen LogP contribution in [0, 0.1) is 0 Å². The Balaban J connectivity index is 1.67. The second-order valence-electron chi connectivity index (χ2n) is 5.71. The molecule has 0 bridgehead atoms. The second-order valence-corrected chi connectivity index (χ2v) is 5.71. The third-order valence-electron chi connectivity index (χ3n) is 3.86. The summed E-state index contributed by atoms with van der Waals surface area (Å²) in [5.41, 5.74) is 2.94. The van der Waals surface area contributed by atoms with Crippen LogP contribution in [0.25, 0.3) is 22.3 Å². The van der Waals surface area contributed by atoms with Crippen LogP contribution in [-0.2, 0) is 14.1 Å². The zero-order valence-electron chi connectivity index (χ0n) is 13.7. The monoisotopic (exact) mass is 333 g/mol. The average molecular weight is 333 g/mol. The fraction of sp³-hybridized carbons (Fsp3) is 0.118. The van der Waals surface area contributed by atoms with E-state index in [4.69, 9.17) is 0 Å². The van der Waals surface area contributed by atoms with Gasteiger partial charge < -0.3 is 9.88 Å². The molecule has 0 aromatic carbocycles. The van der Waals surface area contributed by atoms with E-state index in [-0.39, 0.29) is 5.91 Å². The molecule has 0 unspecified atom stereocenters. The van der Waals surface area contributed by atoms with E-state index in [2.05, 4.69) is 25.4 Å². The predicted molar refractivity (Wildman–Crippen MR) is 92.9 cm³/mol. The van der Waals surface area contributed by atoms with Crippen molar-refractivity contribution in [2.45, 2.75) is 0 Å². The molecule has 8 nitrogen and oxygen atoms in total. The highest BCUT2D eigenvalue weighted by Crippen LogP contribution is 2.21. The molecular weight excluding hydrogens is 318 g/mol. The first-order valence-electron chi connectivity index (χ1n) is 7.63. The minimum atomic E-state index is -0.261. The summed E-state index contributed by atoms with van der Waals surface area (Å²) in [7, 11) is 3.68. The molecule has 8 heteroatoms. The maximum Gasteiger partial charge on any atom is 0.260 e. The van der Waals surface area contributed by atoms with E-state index in [1.165, 1.54) is 6.20 Å². The highest BCUT2D eigenvalue weighted by molar-refractivity contribution is 6.04. The van der Waals surface area contributed by atoms with Gasteiger partial charge in [-0.2, -0.15) is 5.10 Å². The minimum absolute atomic E-state index is 0.261. The van der Waals surface area contributed by atoms with E-state index in [1.807, 2.05) is 23.7 Å². The van der Waals surface area contributed by atoms with E-state index < -0.39 is 0 Å². The zero-order valence-corrected chi connectivity index (χ0v) is 13.7. The van der Waals surface area contributed by atoms with Crippen molar-refractivity contribution in [1.29, 1.82) is 0 Å². The Morgan fingerprint density at radius 2 is 2.04 bits per heavy atom. The molecule has 0 saturated carbocycles. The summed E-state index contributed by atoms with van der Waals surface area (Å²) < 4.78 is 3.48. The topological polar surface area (TPSA) is 90.5 Å². The van der Waals surface area contributed by atoms with Crippen LogP contribution >= 0.6 is 0 Å². The number of hydrogen-bond donors (Lipinski definition) is 1. The van der Waals surface area contributed by atoms with Gasteiger partial charge in [-0.25, -0.2) is 15.0 Å². The van der Waals surface area contributed by atoms with Crippen molar-refractivity contribution in [2.75, 3.05) is 5.32 Å². The molecule has 0 aliphatic heterocycles. The number of hydrogen-bond acceptors (Lipinski definition) is 5. The van der Waals surface area contributed by atoms with Crippen LogP contribution in [0.3, 0.4) is 0 Å². The summed E-state index contributed by atoms with van der Waals surface area (Å²) in [5, 5.41) is 7.65. The highest BCUT2D eigenvalue weighted by Gasteiger charge is 2.10. The van der Waals surface area contributed by atoms with Gasteiger partial charge in [0.25, 0.3) is 5.91 Å². The van der Waals surface area contributed by atoms with Crippen LogP contribution in [0.4, 0.5) is 5.82 Å². The fourth-order valence-corrected chi connectivity index (χ4v) is 2.56. The van der Waals surface area contributed by atoms with Crippen LogP contribution in [0.2, 0.25) is 0 Å². The van der Waals surface area contributed by atoms with Gasteiger partial charge in [-0.05, 0) is 12.1 Å². The van der Waals surface area contributed by atoms with Gasteiger partial charge in [0.15, 0.2) is 0 Å². The lowest BCUT2D eigenvalue weighted by atomic mass is 10.2. The van der Waals surface area contributed by atoms with Gasteiger partial charge >= 0.3 is 0 Å². The van der Waals surface area contributed by atoms with E-state index in [0.29, 0.717) is 11.4 Å². The van der Waals surface area contributed by atoms with Gasteiger partial charge in [-0.3, -0.25) is 9.48 Å². The molecule has 0 saturated heterocycles. The molecule has 1 amide bonds. The Morgan fingerprint density at radius 3 is 2.76 bits per heavy atom. The Labute approximate surface area is 143 Å². The Kier molecular flexibility index (Phi) is 3.50. The SMILES string of the molecule is Cn1cc(C(=O)Nc2cc3nc(-c4cncn4C)ccc3cn2)cn1. The molecule has 25 heavy (non-hydrogen) atoms. The van der Waals surface area contributed by atoms with Gasteiger partial charge in [-0.15, -0.1) is 0 Å². The Morgan fingerprint density at radius 1 is 1.16 bits per heavy atom. The minimum Gasteiger partial charge on any atom is -0.332 e. The summed E-state index contributed by atoms with van der Waals surface area (Å²) in [4.78, 5) is 25.3. The van der Waals surface area contributed by atoms with Crippen molar-refractivity contribution >= 4 is 22.6 Å². The number of rotatable bonds is 3. The van der Waals surface area contributed by atoms with Crippen molar-refractivity contribution in [3.05, 3.63) is 54.9 Å². The third kappa shape index (κ3) is 2.85. The maximum absolute atomic E-state index is 12.2. The molecule has 4 aromatic rings. The number of amides is 1. The summed E-state index contributed by atoms with van der Waals surface area (Å²) in [6.45, 7) is 0. The Bertz CT molecular complexity index is 1080. The summed E-state index contributed by atoms with van der Waals surface area (Å²) in [6, 6.07) is 5.63. The summed E-state index contributed by atoms with van der Waals surface area (Å²) in [5.74, 6) is 0.179. The van der Waals surface area contributed by atoms with E-state index in [9.17, 15) is 4.79 Å². The van der Waals surface area contributed by atoms with Crippen molar-refractivity contribution < 1.29 is 4.79 Å². The van der Waals surface area contributed by atoms with Gasteiger partial charge in [0.1, 0.15) is 5.82 Å². The van der Waals surface area contributed by atoms with Crippen LogP contribution in [0.15, 0.2) is 49.3 Å².